The van der Waals surface area contributed by atoms with Gasteiger partial charge in [-0.25, -0.2) is 0 Å². The summed E-state index contributed by atoms with van der Waals surface area (Å²) in [4.78, 5) is 4.85. The Hall–Kier alpha value is -1.61. The maximum atomic E-state index is 5.20. The van der Waals surface area contributed by atoms with Gasteiger partial charge in [0.2, 0.25) is 0 Å². The lowest BCUT2D eigenvalue weighted by atomic mass is 10.0. The number of para-hydroxylation sites is 1. The maximum absolute atomic E-state index is 5.20. The van der Waals surface area contributed by atoms with Crippen LogP contribution >= 0.6 is 0 Å². The minimum Gasteiger partial charge on any atom is -0.384 e. The van der Waals surface area contributed by atoms with E-state index in [-0.39, 0.29) is 0 Å². The molecule has 0 bridgehead atoms. The molecule has 0 amide bonds. The van der Waals surface area contributed by atoms with E-state index in [1.165, 1.54) is 22.2 Å². The highest BCUT2D eigenvalue weighted by atomic mass is 16.5. The molecule has 0 spiro atoms. The Morgan fingerprint density at radius 3 is 2.70 bits per heavy atom. The summed E-state index contributed by atoms with van der Waals surface area (Å²) in [5.74, 6) is 0. The zero-order valence-electron chi connectivity index (χ0n) is 12.9. The fraction of sp³-hybridized carbons (Fsp3) is 0.471. The normalized spacial score (nSPS) is 11.0. The molecule has 0 saturated heterocycles. The Balaban J connectivity index is 2.65. The van der Waals surface area contributed by atoms with Crippen molar-refractivity contribution in [3.05, 3.63) is 35.0 Å². The van der Waals surface area contributed by atoms with Crippen LogP contribution in [0.2, 0.25) is 0 Å². The third-order valence-electron chi connectivity index (χ3n) is 3.69. The van der Waals surface area contributed by atoms with Crippen molar-refractivity contribution in [1.82, 2.24) is 4.98 Å². The minimum atomic E-state index is 0.728. The molecule has 0 aliphatic heterocycles. The van der Waals surface area contributed by atoms with Crippen LogP contribution in [0.4, 0.5) is 5.69 Å². The minimum absolute atomic E-state index is 0.728. The molecular formula is C17H24N2O. The Labute approximate surface area is 121 Å². The van der Waals surface area contributed by atoms with E-state index >= 15 is 0 Å². The predicted octanol–water partition coefficient (Wildman–Crippen LogP) is 3.73. The standard InChI is InChI=1S/C17H24N2O/c1-5-14-12(3)19-16-13(10-11-20-4)8-7-9-15(16)17(14)18-6-2/h7-9H,5-6,10-11H2,1-4H3,(H,18,19). The van der Waals surface area contributed by atoms with Gasteiger partial charge in [0, 0.05) is 30.4 Å². The molecule has 1 heterocycles. The van der Waals surface area contributed by atoms with Crippen LogP contribution in [0.15, 0.2) is 18.2 Å². The van der Waals surface area contributed by atoms with Crippen molar-refractivity contribution >= 4 is 16.6 Å². The summed E-state index contributed by atoms with van der Waals surface area (Å²) in [6.45, 7) is 8.08. The molecule has 0 fully saturated rings. The summed E-state index contributed by atoms with van der Waals surface area (Å²) in [6, 6.07) is 6.43. The zero-order chi connectivity index (χ0) is 14.5. The van der Waals surface area contributed by atoms with Crippen LogP contribution < -0.4 is 5.32 Å². The van der Waals surface area contributed by atoms with E-state index in [4.69, 9.17) is 9.72 Å². The fourth-order valence-corrected chi connectivity index (χ4v) is 2.73. The molecule has 0 radical (unpaired) electrons. The average Bonchev–Trinajstić information content (AvgIpc) is 2.45. The molecule has 1 aromatic heterocycles. The number of nitrogens with one attached hydrogen (secondary N) is 1. The Morgan fingerprint density at radius 2 is 2.05 bits per heavy atom. The van der Waals surface area contributed by atoms with Crippen LogP contribution in [0.25, 0.3) is 10.9 Å². The second kappa shape index (κ2) is 6.71. The second-order valence-electron chi connectivity index (χ2n) is 4.99. The van der Waals surface area contributed by atoms with Gasteiger partial charge in [0.1, 0.15) is 0 Å². The van der Waals surface area contributed by atoms with Gasteiger partial charge in [-0.3, -0.25) is 4.98 Å². The smallest absolute Gasteiger partial charge is 0.0758 e. The van der Waals surface area contributed by atoms with E-state index in [0.717, 1.165) is 37.2 Å². The van der Waals surface area contributed by atoms with Gasteiger partial charge >= 0.3 is 0 Å². The number of nitrogens with zero attached hydrogens (tertiary/aromatic N) is 1. The van der Waals surface area contributed by atoms with Crippen molar-refractivity contribution in [2.24, 2.45) is 0 Å². The average molecular weight is 272 g/mol. The molecule has 3 nitrogen and oxygen atoms in total. The van der Waals surface area contributed by atoms with Gasteiger partial charge in [-0.15, -0.1) is 0 Å². The van der Waals surface area contributed by atoms with Crippen LogP contribution in [-0.4, -0.2) is 25.2 Å². The van der Waals surface area contributed by atoms with Crippen LogP contribution in [0.5, 0.6) is 0 Å². The summed E-state index contributed by atoms with van der Waals surface area (Å²) >= 11 is 0. The first-order valence-electron chi connectivity index (χ1n) is 7.36. The van der Waals surface area contributed by atoms with Gasteiger partial charge in [0.05, 0.1) is 12.1 Å². The molecule has 2 rings (SSSR count). The lowest BCUT2D eigenvalue weighted by Gasteiger charge is -2.17. The number of fused-ring (bicyclic) bond motifs is 1. The van der Waals surface area contributed by atoms with E-state index in [1.807, 2.05) is 0 Å². The summed E-state index contributed by atoms with van der Waals surface area (Å²) in [7, 11) is 1.74. The van der Waals surface area contributed by atoms with Crippen LogP contribution in [0.1, 0.15) is 30.7 Å². The van der Waals surface area contributed by atoms with E-state index in [1.54, 1.807) is 7.11 Å². The van der Waals surface area contributed by atoms with E-state index in [0.29, 0.717) is 0 Å². The van der Waals surface area contributed by atoms with Crippen molar-refractivity contribution in [2.45, 2.75) is 33.6 Å². The molecule has 2 aromatic rings. The molecule has 1 N–H and O–H groups in total. The highest BCUT2D eigenvalue weighted by molar-refractivity contribution is 5.95. The molecule has 3 heteroatoms. The van der Waals surface area contributed by atoms with Crippen molar-refractivity contribution in [2.75, 3.05) is 25.6 Å². The number of aromatic nitrogens is 1. The fourth-order valence-electron chi connectivity index (χ4n) is 2.73. The number of hydrogen-bond donors (Lipinski definition) is 1. The predicted molar refractivity (Wildman–Crippen MR) is 85.6 cm³/mol. The van der Waals surface area contributed by atoms with E-state index < -0.39 is 0 Å². The van der Waals surface area contributed by atoms with Gasteiger partial charge < -0.3 is 10.1 Å². The van der Waals surface area contributed by atoms with Crippen molar-refractivity contribution < 1.29 is 4.74 Å². The Morgan fingerprint density at radius 1 is 1.25 bits per heavy atom. The maximum Gasteiger partial charge on any atom is 0.0758 e. The molecule has 0 aliphatic rings. The highest BCUT2D eigenvalue weighted by Crippen LogP contribution is 2.30. The van der Waals surface area contributed by atoms with Crippen molar-refractivity contribution in [3.8, 4) is 0 Å². The van der Waals surface area contributed by atoms with Gasteiger partial charge in [-0.1, -0.05) is 25.1 Å². The Bertz CT molecular complexity index is 593. The topological polar surface area (TPSA) is 34.2 Å². The highest BCUT2D eigenvalue weighted by Gasteiger charge is 2.13. The number of aryl methyl sites for hydroxylation is 1. The number of methoxy groups -OCH3 is 1. The van der Waals surface area contributed by atoms with Gasteiger partial charge in [0.15, 0.2) is 0 Å². The third kappa shape index (κ3) is 2.78. The van der Waals surface area contributed by atoms with Gasteiger partial charge in [-0.2, -0.15) is 0 Å². The molecule has 108 valence electrons. The number of anilines is 1. The zero-order valence-corrected chi connectivity index (χ0v) is 12.9. The summed E-state index contributed by atoms with van der Waals surface area (Å²) in [5, 5.41) is 4.75. The first-order chi connectivity index (χ1) is 9.72. The monoisotopic (exact) mass is 272 g/mol. The Kier molecular flexibility index (Phi) is 4.96. The molecule has 1 aromatic carbocycles. The summed E-state index contributed by atoms with van der Waals surface area (Å²) < 4.78 is 5.20. The number of pyridine rings is 1. The number of hydrogen-bond acceptors (Lipinski definition) is 3. The van der Waals surface area contributed by atoms with Crippen LogP contribution in [0.3, 0.4) is 0 Å². The second-order valence-corrected chi connectivity index (χ2v) is 4.99. The SMILES string of the molecule is CCNc1c(CC)c(C)nc2c(CCOC)cccc12. The molecule has 0 atom stereocenters. The number of benzene rings is 1. The molecular weight excluding hydrogens is 248 g/mol. The van der Waals surface area contributed by atoms with Crippen molar-refractivity contribution in [3.63, 3.8) is 0 Å². The molecule has 0 aliphatic carbocycles. The van der Waals surface area contributed by atoms with E-state index in [9.17, 15) is 0 Å². The van der Waals surface area contributed by atoms with Crippen molar-refractivity contribution in [1.29, 1.82) is 0 Å². The van der Waals surface area contributed by atoms with Gasteiger partial charge in [0.25, 0.3) is 0 Å². The number of rotatable bonds is 6. The van der Waals surface area contributed by atoms with Crippen LogP contribution in [0, 0.1) is 6.92 Å². The lowest BCUT2D eigenvalue weighted by Crippen LogP contribution is -2.06. The first kappa shape index (κ1) is 14.8. The molecule has 0 unspecified atom stereocenters. The molecule has 0 saturated carbocycles. The van der Waals surface area contributed by atoms with Crippen LogP contribution in [-0.2, 0) is 17.6 Å². The van der Waals surface area contributed by atoms with E-state index in [2.05, 4.69) is 44.3 Å². The largest absolute Gasteiger partial charge is 0.384 e. The quantitative estimate of drug-likeness (QED) is 0.870. The number of ether oxygens (including phenoxy) is 1. The third-order valence-corrected chi connectivity index (χ3v) is 3.69. The molecule has 20 heavy (non-hydrogen) atoms. The lowest BCUT2D eigenvalue weighted by molar-refractivity contribution is 0.202. The summed E-state index contributed by atoms with van der Waals surface area (Å²) in [5.41, 5.74) is 6.06. The first-order valence-corrected chi connectivity index (χ1v) is 7.36. The summed E-state index contributed by atoms with van der Waals surface area (Å²) in [6.07, 6.45) is 1.90. The van der Waals surface area contributed by atoms with Gasteiger partial charge in [-0.05, 0) is 37.8 Å².